The number of halogens is 1. The van der Waals surface area contributed by atoms with Crippen molar-refractivity contribution in [3.8, 4) is 11.8 Å². The summed E-state index contributed by atoms with van der Waals surface area (Å²) < 4.78 is 5.22. The van der Waals surface area contributed by atoms with Crippen molar-refractivity contribution in [2.75, 3.05) is 37.9 Å². The summed E-state index contributed by atoms with van der Waals surface area (Å²) in [5, 5.41) is 16.2. The van der Waals surface area contributed by atoms with Gasteiger partial charge in [0.25, 0.3) is 0 Å². The Morgan fingerprint density at radius 3 is 2.83 bits per heavy atom. The number of nitriles is 1. The molecule has 0 spiro atoms. The van der Waals surface area contributed by atoms with Gasteiger partial charge in [-0.25, -0.2) is 0 Å². The van der Waals surface area contributed by atoms with E-state index in [-0.39, 0.29) is 24.8 Å². The average molecular weight is 447 g/mol. The van der Waals surface area contributed by atoms with Crippen LogP contribution in [-0.4, -0.2) is 44.0 Å². The Hall–Kier alpha value is -2.60. The number of hydrogen-bond acceptors (Lipinski definition) is 6. The molecule has 2 aromatic rings. The van der Waals surface area contributed by atoms with E-state index >= 15 is 0 Å². The highest BCUT2D eigenvalue weighted by Crippen LogP contribution is 2.38. The van der Waals surface area contributed by atoms with Crippen molar-refractivity contribution >= 4 is 45.4 Å². The van der Waals surface area contributed by atoms with Crippen molar-refractivity contribution in [2.45, 2.75) is 25.7 Å². The predicted octanol–water partition coefficient (Wildman–Crippen LogP) is 3.67. The van der Waals surface area contributed by atoms with Gasteiger partial charge in [0.1, 0.15) is 16.8 Å². The number of hydrogen-bond donors (Lipinski definition) is 2. The maximum absolute atomic E-state index is 12.3. The number of nitrogens with zero attached hydrogens (tertiary/aromatic N) is 2. The van der Waals surface area contributed by atoms with Crippen LogP contribution in [0, 0.1) is 11.3 Å². The molecule has 0 radical (unpaired) electrons. The first-order valence-corrected chi connectivity index (χ1v) is 10.8. The topological polar surface area (TPSA) is 94.5 Å². The summed E-state index contributed by atoms with van der Waals surface area (Å²) in [5.41, 5.74) is 2.18. The molecule has 9 heteroatoms. The number of benzene rings is 1. The van der Waals surface area contributed by atoms with Gasteiger partial charge < -0.3 is 15.4 Å². The second-order valence-corrected chi connectivity index (χ2v) is 8.64. The molecular weight excluding hydrogens is 424 g/mol. The molecule has 0 fully saturated rings. The fraction of sp³-hybridized carbons (Fsp3) is 0.381. The average Bonchev–Trinajstić information content (AvgIpc) is 3.27. The summed E-state index contributed by atoms with van der Waals surface area (Å²) in [6, 6.07) is 7.21. The molecule has 1 aromatic carbocycles. The Bertz CT molecular complexity index is 999. The van der Waals surface area contributed by atoms with Crippen molar-refractivity contribution in [3.63, 3.8) is 0 Å². The Labute approximate surface area is 184 Å². The van der Waals surface area contributed by atoms with Crippen LogP contribution in [0.5, 0.6) is 5.75 Å². The van der Waals surface area contributed by atoms with Crippen LogP contribution in [0.15, 0.2) is 18.2 Å². The lowest BCUT2D eigenvalue weighted by Gasteiger charge is -2.17. The molecule has 1 aliphatic rings. The third-order valence-corrected chi connectivity index (χ3v) is 6.30. The molecule has 0 saturated carbocycles. The molecule has 1 aromatic heterocycles. The van der Waals surface area contributed by atoms with E-state index in [1.807, 2.05) is 0 Å². The van der Waals surface area contributed by atoms with Gasteiger partial charge in [0.2, 0.25) is 11.8 Å². The molecule has 0 aliphatic heterocycles. The zero-order valence-electron chi connectivity index (χ0n) is 16.9. The molecule has 3 rings (SSSR count). The minimum Gasteiger partial charge on any atom is -0.495 e. The monoisotopic (exact) mass is 446 g/mol. The number of methoxy groups -OCH3 is 1. The molecule has 0 saturated heterocycles. The number of fused-ring (bicyclic) bond motifs is 1. The summed E-state index contributed by atoms with van der Waals surface area (Å²) in [7, 11) is 3.28. The lowest BCUT2D eigenvalue weighted by atomic mass is 10.1. The summed E-state index contributed by atoms with van der Waals surface area (Å²) >= 11 is 7.48. The Kier molecular flexibility index (Phi) is 7.32. The molecule has 0 bridgehead atoms. The number of rotatable bonds is 8. The van der Waals surface area contributed by atoms with Crippen LogP contribution in [0.25, 0.3) is 0 Å². The third kappa shape index (κ3) is 5.30. The van der Waals surface area contributed by atoms with Crippen LogP contribution in [-0.2, 0) is 22.4 Å². The summed E-state index contributed by atoms with van der Waals surface area (Å²) in [6.45, 7) is 0.513. The van der Waals surface area contributed by atoms with Gasteiger partial charge >= 0.3 is 0 Å². The van der Waals surface area contributed by atoms with Gasteiger partial charge in [-0.1, -0.05) is 11.6 Å². The Morgan fingerprint density at radius 2 is 2.10 bits per heavy atom. The number of nitrogens with one attached hydrogen (secondary N) is 2. The molecule has 1 heterocycles. The minimum atomic E-state index is -0.236. The fourth-order valence-corrected chi connectivity index (χ4v) is 4.81. The quantitative estimate of drug-likeness (QED) is 0.645. The van der Waals surface area contributed by atoms with Gasteiger partial charge in [-0.2, -0.15) is 5.26 Å². The maximum atomic E-state index is 12.3. The van der Waals surface area contributed by atoms with E-state index in [0.29, 0.717) is 33.6 Å². The van der Waals surface area contributed by atoms with Gasteiger partial charge in [-0.15, -0.1) is 11.3 Å². The van der Waals surface area contributed by atoms with E-state index in [4.69, 9.17) is 16.3 Å². The molecule has 2 amide bonds. The minimum absolute atomic E-state index is 0.111. The van der Waals surface area contributed by atoms with Crippen LogP contribution in [0.3, 0.4) is 0 Å². The van der Waals surface area contributed by atoms with Crippen LogP contribution in [0.1, 0.15) is 28.8 Å². The van der Waals surface area contributed by atoms with Crippen molar-refractivity contribution in [1.82, 2.24) is 4.90 Å². The van der Waals surface area contributed by atoms with Gasteiger partial charge in [0.15, 0.2) is 0 Å². The normalized spacial score (nSPS) is 12.4. The van der Waals surface area contributed by atoms with E-state index in [0.717, 1.165) is 24.8 Å². The number of amides is 2. The molecule has 30 heavy (non-hydrogen) atoms. The maximum Gasteiger partial charge on any atom is 0.238 e. The first-order valence-electron chi connectivity index (χ1n) is 9.57. The van der Waals surface area contributed by atoms with Crippen LogP contribution < -0.4 is 15.4 Å². The predicted molar refractivity (Wildman–Crippen MR) is 118 cm³/mol. The first kappa shape index (κ1) is 22.1. The van der Waals surface area contributed by atoms with Crippen molar-refractivity contribution < 1.29 is 14.3 Å². The smallest absolute Gasteiger partial charge is 0.238 e. The Morgan fingerprint density at radius 1 is 1.30 bits per heavy atom. The number of likely N-dealkylation sites (N-methyl/N-ethyl adjacent to an activating group) is 1. The van der Waals surface area contributed by atoms with Crippen molar-refractivity contribution in [2.24, 2.45) is 0 Å². The van der Waals surface area contributed by atoms with E-state index in [1.165, 1.54) is 23.3 Å². The highest BCUT2D eigenvalue weighted by atomic mass is 35.5. The van der Waals surface area contributed by atoms with E-state index < -0.39 is 0 Å². The van der Waals surface area contributed by atoms with E-state index in [2.05, 4.69) is 16.7 Å². The second kappa shape index (κ2) is 9.94. The largest absolute Gasteiger partial charge is 0.495 e. The highest BCUT2D eigenvalue weighted by Gasteiger charge is 2.23. The second-order valence-electron chi connectivity index (χ2n) is 7.10. The molecule has 0 atom stereocenters. The number of ether oxygens (including phenoxy) is 1. The van der Waals surface area contributed by atoms with Crippen LogP contribution >= 0.6 is 22.9 Å². The fourth-order valence-electron chi connectivity index (χ4n) is 3.38. The number of anilines is 2. The molecule has 2 N–H and O–H groups in total. The molecule has 158 valence electrons. The van der Waals surface area contributed by atoms with Crippen molar-refractivity contribution in [3.05, 3.63) is 39.2 Å². The Balaban J connectivity index is 1.48. The highest BCUT2D eigenvalue weighted by molar-refractivity contribution is 7.16. The van der Waals surface area contributed by atoms with Gasteiger partial charge in [-0.3, -0.25) is 14.5 Å². The summed E-state index contributed by atoms with van der Waals surface area (Å²) in [5.74, 6) is 0.112. The molecule has 1 aliphatic carbocycles. The van der Waals surface area contributed by atoms with Gasteiger partial charge in [-0.05, 0) is 50.1 Å². The first-order chi connectivity index (χ1) is 14.4. The number of thiophene rings is 1. The SMILES string of the molecule is COc1ccc(Cl)cc1NC(=O)CN(C)CCC(=O)Nc1sc2c(c1C#N)CCC2. The van der Waals surface area contributed by atoms with Crippen LogP contribution in [0.4, 0.5) is 10.7 Å². The van der Waals surface area contributed by atoms with Gasteiger partial charge in [0.05, 0.1) is 24.9 Å². The number of aryl methyl sites for hydroxylation is 1. The molecule has 7 nitrogen and oxygen atoms in total. The third-order valence-electron chi connectivity index (χ3n) is 4.86. The zero-order valence-corrected chi connectivity index (χ0v) is 18.5. The lowest BCUT2D eigenvalue weighted by molar-refractivity contribution is -0.119. The molecular formula is C21H23ClN4O3S. The van der Waals surface area contributed by atoms with E-state index in [9.17, 15) is 14.9 Å². The lowest BCUT2D eigenvalue weighted by Crippen LogP contribution is -2.32. The molecule has 0 unspecified atom stereocenters. The van der Waals surface area contributed by atoms with Gasteiger partial charge in [0, 0.05) is 22.9 Å². The summed E-state index contributed by atoms with van der Waals surface area (Å²) in [4.78, 5) is 27.6. The van der Waals surface area contributed by atoms with E-state index in [1.54, 1.807) is 30.1 Å². The van der Waals surface area contributed by atoms with Crippen molar-refractivity contribution in [1.29, 1.82) is 5.26 Å². The summed E-state index contributed by atoms with van der Waals surface area (Å²) in [6.07, 6.45) is 3.16. The number of carbonyl (C=O) groups excluding carboxylic acids is 2. The zero-order chi connectivity index (χ0) is 21.7. The number of carbonyl (C=O) groups is 2. The van der Waals surface area contributed by atoms with Crippen LogP contribution in [0.2, 0.25) is 5.02 Å². The standard InChI is InChI=1S/C21H23ClN4O3S/c1-26(12-20(28)24-16-10-13(22)6-7-17(16)29-2)9-8-19(27)25-21-15(11-23)14-4-3-5-18(14)30-21/h6-7,10H,3-5,8-9,12H2,1-2H3,(H,24,28)(H,25,27).